The van der Waals surface area contributed by atoms with Crippen LogP contribution in [0.1, 0.15) is 11.4 Å². The van der Waals surface area contributed by atoms with Gasteiger partial charge in [0.2, 0.25) is 0 Å². The lowest BCUT2D eigenvalue weighted by atomic mass is 10.2. The molecule has 2 aromatic carbocycles. The summed E-state index contributed by atoms with van der Waals surface area (Å²) in [6.45, 7) is 0. The minimum absolute atomic E-state index is 0.257. The van der Waals surface area contributed by atoms with E-state index in [1.807, 2.05) is 0 Å². The Kier molecular flexibility index (Phi) is 4.09. The SMILES string of the molecule is O=c1[nH]c(/C(Cl)=C/c2ccc(F)c(Br)c2)nc2ccccc12. The second-order valence-corrected chi connectivity index (χ2v) is 5.86. The maximum absolute atomic E-state index is 13.2. The third-order valence-corrected chi connectivity index (χ3v) is 3.97. The van der Waals surface area contributed by atoms with Crippen molar-refractivity contribution in [1.29, 1.82) is 0 Å². The van der Waals surface area contributed by atoms with Gasteiger partial charge in [0.1, 0.15) is 5.82 Å². The van der Waals surface area contributed by atoms with Crippen LogP contribution in [0.25, 0.3) is 22.0 Å². The number of fused-ring (bicyclic) bond motifs is 1. The van der Waals surface area contributed by atoms with Gasteiger partial charge >= 0.3 is 0 Å². The Morgan fingerprint density at radius 3 is 2.82 bits per heavy atom. The van der Waals surface area contributed by atoms with Crippen LogP contribution in [0, 0.1) is 5.82 Å². The topological polar surface area (TPSA) is 45.8 Å². The maximum Gasteiger partial charge on any atom is 0.259 e. The van der Waals surface area contributed by atoms with Crippen molar-refractivity contribution in [3.05, 3.63) is 74.5 Å². The fraction of sp³-hybridized carbons (Fsp3) is 0. The molecule has 110 valence electrons. The van der Waals surface area contributed by atoms with Crippen LogP contribution in [0.15, 0.2) is 51.7 Å². The van der Waals surface area contributed by atoms with Gasteiger partial charge in [-0.2, -0.15) is 0 Å². The lowest BCUT2D eigenvalue weighted by Crippen LogP contribution is -2.10. The Balaban J connectivity index is 2.08. The molecule has 6 heteroatoms. The highest BCUT2D eigenvalue weighted by molar-refractivity contribution is 9.10. The average Bonchev–Trinajstić information content (AvgIpc) is 2.51. The van der Waals surface area contributed by atoms with Crippen LogP contribution in [-0.2, 0) is 0 Å². The monoisotopic (exact) mass is 378 g/mol. The molecule has 0 aliphatic rings. The van der Waals surface area contributed by atoms with Crippen LogP contribution in [0.2, 0.25) is 0 Å². The Labute approximate surface area is 138 Å². The zero-order chi connectivity index (χ0) is 15.7. The standard InChI is InChI=1S/C16H9BrClFN2O/c17-11-7-9(5-6-13(11)19)8-12(18)15-20-14-4-2-1-3-10(14)16(22)21-15/h1-8H,(H,20,21,22)/b12-8-. The fourth-order valence-corrected chi connectivity index (χ4v) is 2.63. The second-order valence-electron chi connectivity index (χ2n) is 4.60. The first-order chi connectivity index (χ1) is 10.5. The van der Waals surface area contributed by atoms with Gasteiger partial charge in [-0.3, -0.25) is 4.79 Å². The van der Waals surface area contributed by atoms with E-state index < -0.39 is 0 Å². The van der Waals surface area contributed by atoms with Gasteiger partial charge in [0.25, 0.3) is 5.56 Å². The lowest BCUT2D eigenvalue weighted by molar-refractivity contribution is 0.621. The predicted molar refractivity (Wildman–Crippen MR) is 90.2 cm³/mol. The number of halogens is 3. The number of para-hydroxylation sites is 1. The van der Waals surface area contributed by atoms with E-state index in [0.29, 0.717) is 20.9 Å². The van der Waals surface area contributed by atoms with Gasteiger partial charge in [0.05, 0.1) is 20.4 Å². The predicted octanol–water partition coefficient (Wildman–Crippen LogP) is 4.56. The van der Waals surface area contributed by atoms with Crippen molar-refractivity contribution >= 4 is 49.5 Å². The van der Waals surface area contributed by atoms with Gasteiger partial charge in [0.15, 0.2) is 5.82 Å². The second kappa shape index (κ2) is 6.02. The van der Waals surface area contributed by atoms with Crippen molar-refractivity contribution in [2.24, 2.45) is 0 Å². The molecular formula is C16H9BrClFN2O. The normalized spacial score (nSPS) is 11.9. The van der Waals surface area contributed by atoms with Crippen molar-refractivity contribution < 1.29 is 4.39 Å². The van der Waals surface area contributed by atoms with E-state index in [0.717, 1.165) is 0 Å². The minimum atomic E-state index is -0.356. The molecule has 3 rings (SSSR count). The quantitative estimate of drug-likeness (QED) is 0.709. The summed E-state index contributed by atoms with van der Waals surface area (Å²) in [5.74, 6) is -0.0867. The molecule has 0 radical (unpaired) electrons. The number of H-pyrrole nitrogens is 1. The lowest BCUT2D eigenvalue weighted by Gasteiger charge is -2.03. The van der Waals surface area contributed by atoms with E-state index in [9.17, 15) is 9.18 Å². The van der Waals surface area contributed by atoms with Crippen LogP contribution in [0.3, 0.4) is 0 Å². The Hall–Kier alpha value is -1.98. The minimum Gasteiger partial charge on any atom is -0.305 e. The highest BCUT2D eigenvalue weighted by Gasteiger charge is 2.07. The molecular weight excluding hydrogens is 371 g/mol. The molecule has 0 unspecified atom stereocenters. The van der Waals surface area contributed by atoms with Gasteiger partial charge in [-0.25, -0.2) is 9.37 Å². The van der Waals surface area contributed by atoms with Crippen LogP contribution in [0.4, 0.5) is 4.39 Å². The first-order valence-corrected chi connectivity index (χ1v) is 7.53. The summed E-state index contributed by atoms with van der Waals surface area (Å²) < 4.78 is 13.6. The number of hydrogen-bond donors (Lipinski definition) is 1. The first-order valence-electron chi connectivity index (χ1n) is 6.36. The summed E-state index contributed by atoms with van der Waals surface area (Å²) in [5.41, 5.74) is 0.995. The Bertz CT molecular complexity index is 952. The molecule has 0 fully saturated rings. The van der Waals surface area contributed by atoms with E-state index in [1.165, 1.54) is 6.07 Å². The molecule has 0 amide bonds. The average molecular weight is 380 g/mol. The third kappa shape index (κ3) is 2.96. The van der Waals surface area contributed by atoms with Gasteiger partial charge < -0.3 is 4.98 Å². The summed E-state index contributed by atoms with van der Waals surface area (Å²) in [7, 11) is 0. The molecule has 3 aromatic rings. The number of hydrogen-bond acceptors (Lipinski definition) is 2. The van der Waals surface area contributed by atoms with Crippen molar-refractivity contribution in [3.8, 4) is 0 Å². The number of rotatable bonds is 2. The zero-order valence-corrected chi connectivity index (χ0v) is 13.5. The molecule has 0 spiro atoms. The van der Waals surface area contributed by atoms with Gasteiger partial charge in [-0.15, -0.1) is 0 Å². The van der Waals surface area contributed by atoms with E-state index in [4.69, 9.17) is 11.6 Å². The summed E-state index contributed by atoms with van der Waals surface area (Å²) in [6, 6.07) is 11.5. The van der Waals surface area contributed by atoms with Crippen LogP contribution in [0.5, 0.6) is 0 Å². The molecule has 0 aliphatic carbocycles. The smallest absolute Gasteiger partial charge is 0.259 e. The molecule has 1 heterocycles. The highest BCUT2D eigenvalue weighted by atomic mass is 79.9. The molecule has 3 nitrogen and oxygen atoms in total. The molecule has 0 atom stereocenters. The molecule has 0 saturated heterocycles. The maximum atomic E-state index is 13.2. The molecule has 0 aliphatic heterocycles. The van der Waals surface area contributed by atoms with E-state index in [-0.39, 0.29) is 22.2 Å². The van der Waals surface area contributed by atoms with Crippen molar-refractivity contribution in [2.45, 2.75) is 0 Å². The van der Waals surface area contributed by atoms with Gasteiger partial charge in [0, 0.05) is 0 Å². The number of benzene rings is 2. The molecule has 22 heavy (non-hydrogen) atoms. The molecule has 1 N–H and O–H groups in total. The van der Waals surface area contributed by atoms with Crippen molar-refractivity contribution in [2.75, 3.05) is 0 Å². The summed E-state index contributed by atoms with van der Waals surface area (Å²) in [6.07, 6.45) is 1.61. The van der Waals surface area contributed by atoms with Gasteiger partial charge in [-0.05, 0) is 51.8 Å². The largest absolute Gasteiger partial charge is 0.305 e. The molecule has 0 bridgehead atoms. The number of nitrogens with zero attached hydrogens (tertiary/aromatic N) is 1. The molecule has 1 aromatic heterocycles. The number of nitrogens with one attached hydrogen (secondary N) is 1. The summed E-state index contributed by atoms with van der Waals surface area (Å²) >= 11 is 9.34. The molecule has 0 saturated carbocycles. The van der Waals surface area contributed by atoms with E-state index in [2.05, 4.69) is 25.9 Å². The number of aromatic amines is 1. The van der Waals surface area contributed by atoms with Crippen LogP contribution >= 0.6 is 27.5 Å². The Morgan fingerprint density at radius 1 is 1.27 bits per heavy atom. The van der Waals surface area contributed by atoms with Crippen molar-refractivity contribution in [3.63, 3.8) is 0 Å². The summed E-state index contributed by atoms with van der Waals surface area (Å²) in [4.78, 5) is 19.0. The highest BCUT2D eigenvalue weighted by Crippen LogP contribution is 2.23. The van der Waals surface area contributed by atoms with Crippen molar-refractivity contribution in [1.82, 2.24) is 9.97 Å². The van der Waals surface area contributed by atoms with Crippen LogP contribution in [-0.4, -0.2) is 9.97 Å². The summed E-state index contributed by atoms with van der Waals surface area (Å²) in [5, 5.41) is 0.765. The van der Waals surface area contributed by atoms with Gasteiger partial charge in [-0.1, -0.05) is 29.8 Å². The number of aromatic nitrogens is 2. The van der Waals surface area contributed by atoms with E-state index in [1.54, 1.807) is 42.5 Å². The fourth-order valence-electron chi connectivity index (χ4n) is 2.02. The van der Waals surface area contributed by atoms with E-state index >= 15 is 0 Å². The Morgan fingerprint density at radius 2 is 2.05 bits per heavy atom. The third-order valence-electron chi connectivity index (χ3n) is 3.08. The van der Waals surface area contributed by atoms with Crippen LogP contribution < -0.4 is 5.56 Å². The zero-order valence-electron chi connectivity index (χ0n) is 11.1. The first kappa shape index (κ1) is 14.9.